The molecule has 0 aromatic heterocycles. The summed E-state index contributed by atoms with van der Waals surface area (Å²) in [5, 5.41) is 0. The monoisotopic (exact) mass is 140 g/mol. The van der Waals surface area contributed by atoms with Crippen LogP contribution in [0, 0.1) is 17.8 Å². The Bertz CT molecular complexity index is 112. The van der Waals surface area contributed by atoms with Gasteiger partial charge in [-0.25, -0.2) is 0 Å². The Hall–Kier alpha value is -0.480. The molecular weight excluding hydrogens is 124 g/mol. The van der Waals surface area contributed by atoms with E-state index in [0.29, 0.717) is 5.92 Å². The third-order valence-electron chi connectivity index (χ3n) is 1.28. The summed E-state index contributed by atoms with van der Waals surface area (Å²) in [4.78, 5) is 0. The van der Waals surface area contributed by atoms with Crippen LogP contribution in [0.2, 0.25) is 0 Å². The fourth-order valence-electron chi connectivity index (χ4n) is 0.852. The molecule has 0 radical (unpaired) electrons. The second kappa shape index (κ2) is 6.64. The molecule has 1 heteroatoms. The maximum absolute atomic E-state index is 5.11. The maximum Gasteiger partial charge on any atom is 0.0604 e. The molecule has 10 heavy (non-hydrogen) atoms. The number of hydrogen-bond acceptors (Lipinski definition) is 1. The van der Waals surface area contributed by atoms with Crippen molar-refractivity contribution in [2.75, 3.05) is 13.2 Å². The first-order valence-electron chi connectivity index (χ1n) is 3.93. The second-order valence-corrected chi connectivity index (χ2v) is 1.95. The van der Waals surface area contributed by atoms with Gasteiger partial charge in [-0.15, -0.1) is 5.92 Å². The van der Waals surface area contributed by atoms with Crippen molar-refractivity contribution in [3.63, 3.8) is 0 Å². The molecule has 0 saturated carbocycles. The summed E-state index contributed by atoms with van der Waals surface area (Å²) in [6.45, 7) is 7.62. The van der Waals surface area contributed by atoms with E-state index in [1.807, 2.05) is 20.8 Å². The standard InChI is InChI=1S/C7H10O.C2H6/c1-2-3-7-4-5-8-6-7;1-2/h7H,4-6H2,1H3;1-2H3. The van der Waals surface area contributed by atoms with E-state index in [9.17, 15) is 0 Å². The van der Waals surface area contributed by atoms with E-state index in [-0.39, 0.29) is 0 Å². The van der Waals surface area contributed by atoms with Crippen LogP contribution in [0.1, 0.15) is 27.2 Å². The van der Waals surface area contributed by atoms with Gasteiger partial charge in [-0.1, -0.05) is 19.8 Å². The predicted molar refractivity (Wildman–Crippen MR) is 43.7 cm³/mol. The van der Waals surface area contributed by atoms with Gasteiger partial charge in [0.15, 0.2) is 0 Å². The summed E-state index contributed by atoms with van der Waals surface area (Å²) in [6, 6.07) is 0. The van der Waals surface area contributed by atoms with Crippen molar-refractivity contribution in [1.29, 1.82) is 0 Å². The van der Waals surface area contributed by atoms with Crippen molar-refractivity contribution in [3.05, 3.63) is 0 Å². The fourth-order valence-corrected chi connectivity index (χ4v) is 0.852. The first-order chi connectivity index (χ1) is 4.93. The van der Waals surface area contributed by atoms with Crippen LogP contribution >= 0.6 is 0 Å². The van der Waals surface area contributed by atoms with Crippen LogP contribution < -0.4 is 0 Å². The molecule has 1 aliphatic heterocycles. The Morgan fingerprint density at radius 2 is 2.10 bits per heavy atom. The first-order valence-corrected chi connectivity index (χ1v) is 3.93. The highest BCUT2D eigenvalue weighted by Gasteiger charge is 2.11. The molecular formula is C9H16O. The lowest BCUT2D eigenvalue weighted by molar-refractivity contribution is 0.192. The van der Waals surface area contributed by atoms with Gasteiger partial charge < -0.3 is 4.74 Å². The van der Waals surface area contributed by atoms with Crippen LogP contribution in [0.3, 0.4) is 0 Å². The quantitative estimate of drug-likeness (QED) is 0.468. The number of ether oxygens (including phenoxy) is 1. The van der Waals surface area contributed by atoms with Crippen molar-refractivity contribution < 1.29 is 4.74 Å². The predicted octanol–water partition coefficient (Wildman–Crippen LogP) is 2.07. The molecule has 1 aliphatic rings. The molecule has 1 saturated heterocycles. The van der Waals surface area contributed by atoms with Gasteiger partial charge in [0.05, 0.1) is 6.61 Å². The normalized spacial score (nSPS) is 22.1. The first kappa shape index (κ1) is 9.52. The topological polar surface area (TPSA) is 9.23 Å². The van der Waals surface area contributed by atoms with Crippen LogP contribution in [0.25, 0.3) is 0 Å². The molecule has 0 aromatic carbocycles. The molecule has 1 fully saturated rings. The van der Waals surface area contributed by atoms with Gasteiger partial charge in [0.2, 0.25) is 0 Å². The minimum Gasteiger partial charge on any atom is -0.380 e. The minimum atomic E-state index is 0.528. The van der Waals surface area contributed by atoms with Crippen LogP contribution in [0.4, 0.5) is 0 Å². The smallest absolute Gasteiger partial charge is 0.0604 e. The van der Waals surface area contributed by atoms with Crippen LogP contribution in [0.5, 0.6) is 0 Å². The molecule has 0 bridgehead atoms. The van der Waals surface area contributed by atoms with Gasteiger partial charge in [-0.05, 0) is 13.3 Å². The van der Waals surface area contributed by atoms with Crippen molar-refractivity contribution in [2.45, 2.75) is 27.2 Å². The van der Waals surface area contributed by atoms with E-state index in [0.717, 1.165) is 19.6 Å². The lowest BCUT2D eigenvalue weighted by atomic mass is 10.1. The Labute approximate surface area is 63.8 Å². The van der Waals surface area contributed by atoms with Crippen molar-refractivity contribution in [1.82, 2.24) is 0 Å². The molecule has 58 valence electrons. The van der Waals surface area contributed by atoms with Crippen LogP contribution in [0.15, 0.2) is 0 Å². The molecule has 0 aliphatic carbocycles. The molecule has 1 nitrogen and oxygen atoms in total. The number of rotatable bonds is 0. The molecule has 0 amide bonds. The van der Waals surface area contributed by atoms with E-state index in [1.54, 1.807) is 0 Å². The molecule has 0 aromatic rings. The van der Waals surface area contributed by atoms with Gasteiger partial charge in [0.1, 0.15) is 0 Å². The van der Waals surface area contributed by atoms with E-state index < -0.39 is 0 Å². The van der Waals surface area contributed by atoms with Crippen LogP contribution in [-0.4, -0.2) is 13.2 Å². The lowest BCUT2D eigenvalue weighted by Crippen LogP contribution is -1.92. The fraction of sp³-hybridized carbons (Fsp3) is 0.778. The maximum atomic E-state index is 5.11. The highest BCUT2D eigenvalue weighted by molar-refractivity contribution is 5.01. The van der Waals surface area contributed by atoms with E-state index in [4.69, 9.17) is 4.74 Å². The van der Waals surface area contributed by atoms with E-state index >= 15 is 0 Å². The number of hydrogen-bond donors (Lipinski definition) is 0. The highest BCUT2D eigenvalue weighted by Crippen LogP contribution is 2.09. The van der Waals surface area contributed by atoms with Gasteiger partial charge in [0.25, 0.3) is 0 Å². The average Bonchev–Trinajstić information content (AvgIpc) is 2.46. The SMILES string of the molecule is CC.CC#CC1CCOC1. The lowest BCUT2D eigenvalue weighted by Gasteiger charge is -1.90. The Morgan fingerprint density at radius 3 is 2.50 bits per heavy atom. The van der Waals surface area contributed by atoms with E-state index in [1.165, 1.54) is 0 Å². The largest absolute Gasteiger partial charge is 0.380 e. The van der Waals surface area contributed by atoms with Crippen LogP contribution in [-0.2, 0) is 4.74 Å². The molecule has 1 atom stereocenters. The summed E-state index contributed by atoms with van der Waals surface area (Å²) in [5.74, 6) is 6.48. The van der Waals surface area contributed by atoms with Gasteiger partial charge in [-0.3, -0.25) is 0 Å². The summed E-state index contributed by atoms with van der Waals surface area (Å²) in [6.07, 6.45) is 1.13. The molecule has 1 rings (SSSR count). The third-order valence-corrected chi connectivity index (χ3v) is 1.28. The second-order valence-electron chi connectivity index (χ2n) is 1.95. The third kappa shape index (κ3) is 3.53. The van der Waals surface area contributed by atoms with E-state index in [2.05, 4.69) is 11.8 Å². The zero-order chi connectivity index (χ0) is 7.82. The summed E-state index contributed by atoms with van der Waals surface area (Å²) < 4.78 is 5.11. The summed E-state index contributed by atoms with van der Waals surface area (Å²) >= 11 is 0. The minimum absolute atomic E-state index is 0.528. The van der Waals surface area contributed by atoms with Crippen molar-refractivity contribution in [3.8, 4) is 11.8 Å². The molecule has 1 unspecified atom stereocenters. The Kier molecular flexibility index (Phi) is 6.32. The molecule has 0 spiro atoms. The summed E-state index contributed by atoms with van der Waals surface area (Å²) in [7, 11) is 0. The van der Waals surface area contributed by atoms with Crippen molar-refractivity contribution in [2.24, 2.45) is 5.92 Å². The van der Waals surface area contributed by atoms with Crippen molar-refractivity contribution >= 4 is 0 Å². The highest BCUT2D eigenvalue weighted by atomic mass is 16.5. The van der Waals surface area contributed by atoms with Gasteiger partial charge in [0, 0.05) is 12.5 Å². The zero-order valence-corrected chi connectivity index (χ0v) is 7.11. The van der Waals surface area contributed by atoms with Gasteiger partial charge in [-0.2, -0.15) is 0 Å². The Morgan fingerprint density at radius 1 is 1.40 bits per heavy atom. The van der Waals surface area contributed by atoms with Gasteiger partial charge >= 0.3 is 0 Å². The Balaban J connectivity index is 0.000000371. The zero-order valence-electron chi connectivity index (χ0n) is 7.11. The summed E-state index contributed by atoms with van der Waals surface area (Å²) in [5.41, 5.74) is 0. The molecule has 1 heterocycles. The molecule has 0 N–H and O–H groups in total. The average molecular weight is 140 g/mol.